The molecule has 0 atom stereocenters. The summed E-state index contributed by atoms with van der Waals surface area (Å²) in [5.41, 5.74) is 0.737. The first-order valence-corrected chi connectivity index (χ1v) is 8.31. The van der Waals surface area contributed by atoms with Crippen molar-refractivity contribution >= 4 is 11.6 Å². The van der Waals surface area contributed by atoms with E-state index in [1.165, 1.54) is 0 Å². The molecule has 4 heterocycles. The number of hydrogen-bond acceptors (Lipinski definition) is 6. The first-order valence-electron chi connectivity index (χ1n) is 7.93. The maximum Gasteiger partial charge on any atom is 0.230 e. The highest BCUT2D eigenvalue weighted by Gasteiger charge is 2.25. The Hall–Kier alpha value is -2.25. The van der Waals surface area contributed by atoms with Gasteiger partial charge in [-0.3, -0.25) is 14.6 Å². The Bertz CT molecular complexity index is 794. The smallest absolute Gasteiger partial charge is 0.230 e. The Morgan fingerprint density at radius 1 is 1.25 bits per heavy atom. The molecule has 8 heteroatoms. The van der Waals surface area contributed by atoms with Crippen LogP contribution in [0.25, 0.3) is 11.5 Å². The first kappa shape index (κ1) is 15.3. The van der Waals surface area contributed by atoms with Gasteiger partial charge in [0.2, 0.25) is 11.7 Å². The second kappa shape index (κ2) is 6.70. The monoisotopic (exact) mass is 344 g/mol. The Morgan fingerprint density at radius 2 is 2.12 bits per heavy atom. The molecule has 0 bridgehead atoms. The van der Waals surface area contributed by atoms with Crippen molar-refractivity contribution in [2.45, 2.75) is 25.4 Å². The van der Waals surface area contributed by atoms with Crippen LogP contribution >= 0.6 is 11.6 Å². The maximum absolute atomic E-state index is 5.90. The van der Waals surface area contributed by atoms with Crippen LogP contribution in [0.4, 0.5) is 0 Å². The van der Waals surface area contributed by atoms with Crippen LogP contribution in [0.5, 0.6) is 0 Å². The topological polar surface area (TPSA) is 72.9 Å². The average Bonchev–Trinajstić information content (AvgIpc) is 3.26. The van der Waals surface area contributed by atoms with Crippen LogP contribution < -0.4 is 0 Å². The molecular formula is C16H17ClN6O. The zero-order valence-electron chi connectivity index (χ0n) is 13.0. The second-order valence-corrected chi connectivity index (χ2v) is 6.34. The Labute approximate surface area is 144 Å². The normalized spacial score (nSPS) is 16.5. The number of aromatic nitrogens is 5. The lowest BCUT2D eigenvalue weighted by molar-refractivity contribution is 0.151. The Balaban J connectivity index is 1.37. The largest absolute Gasteiger partial charge is 0.339 e. The van der Waals surface area contributed by atoms with Gasteiger partial charge in [0.15, 0.2) is 0 Å². The van der Waals surface area contributed by atoms with E-state index >= 15 is 0 Å². The van der Waals surface area contributed by atoms with E-state index in [1.54, 1.807) is 12.4 Å². The van der Waals surface area contributed by atoms with Crippen molar-refractivity contribution in [1.82, 2.24) is 29.8 Å². The highest BCUT2D eigenvalue weighted by atomic mass is 35.5. The number of pyridine rings is 1. The summed E-state index contributed by atoms with van der Waals surface area (Å²) in [5.74, 6) is 1.56. The number of likely N-dealkylation sites (tertiary alicyclic amines) is 1. The van der Waals surface area contributed by atoms with E-state index in [0.717, 1.165) is 38.3 Å². The number of rotatable bonds is 4. The van der Waals surface area contributed by atoms with Gasteiger partial charge in [-0.05, 0) is 25.0 Å². The van der Waals surface area contributed by atoms with Crippen LogP contribution in [-0.2, 0) is 6.67 Å². The number of halogens is 1. The lowest BCUT2D eigenvalue weighted by Gasteiger charge is -2.29. The highest BCUT2D eigenvalue weighted by molar-refractivity contribution is 6.30. The number of piperidine rings is 1. The van der Waals surface area contributed by atoms with Crippen molar-refractivity contribution in [3.63, 3.8) is 0 Å². The molecule has 1 saturated heterocycles. The minimum atomic E-state index is 0.299. The predicted molar refractivity (Wildman–Crippen MR) is 88.3 cm³/mol. The minimum Gasteiger partial charge on any atom is -0.339 e. The summed E-state index contributed by atoms with van der Waals surface area (Å²) >= 11 is 5.90. The van der Waals surface area contributed by atoms with E-state index < -0.39 is 0 Å². The molecule has 0 aromatic carbocycles. The van der Waals surface area contributed by atoms with Crippen molar-refractivity contribution in [2.24, 2.45) is 0 Å². The Kier molecular flexibility index (Phi) is 4.27. The van der Waals surface area contributed by atoms with Gasteiger partial charge in [0.05, 0.1) is 17.9 Å². The van der Waals surface area contributed by atoms with Crippen molar-refractivity contribution in [3.05, 3.63) is 47.7 Å². The van der Waals surface area contributed by atoms with Gasteiger partial charge < -0.3 is 4.52 Å². The lowest BCUT2D eigenvalue weighted by atomic mass is 9.97. The average molecular weight is 345 g/mol. The van der Waals surface area contributed by atoms with Crippen molar-refractivity contribution in [3.8, 4) is 11.5 Å². The van der Waals surface area contributed by atoms with Crippen molar-refractivity contribution in [1.29, 1.82) is 0 Å². The summed E-state index contributed by atoms with van der Waals surface area (Å²) in [7, 11) is 0. The molecule has 0 saturated carbocycles. The fourth-order valence-corrected chi connectivity index (χ4v) is 3.10. The van der Waals surface area contributed by atoms with E-state index in [0.29, 0.717) is 22.7 Å². The summed E-state index contributed by atoms with van der Waals surface area (Å²) in [4.78, 5) is 11.1. The van der Waals surface area contributed by atoms with Gasteiger partial charge in [0.1, 0.15) is 5.69 Å². The molecular weight excluding hydrogens is 328 g/mol. The number of nitrogens with zero attached hydrogens (tertiary/aromatic N) is 6. The van der Waals surface area contributed by atoms with E-state index in [4.69, 9.17) is 16.1 Å². The third kappa shape index (κ3) is 3.32. The molecule has 1 aliphatic heterocycles. The fourth-order valence-electron chi connectivity index (χ4n) is 2.94. The zero-order valence-corrected chi connectivity index (χ0v) is 13.8. The quantitative estimate of drug-likeness (QED) is 0.724. The predicted octanol–water partition coefficient (Wildman–Crippen LogP) is 2.82. The van der Waals surface area contributed by atoms with Gasteiger partial charge in [0.25, 0.3) is 0 Å². The van der Waals surface area contributed by atoms with Gasteiger partial charge in [-0.2, -0.15) is 10.1 Å². The summed E-state index contributed by atoms with van der Waals surface area (Å²) in [5, 5.41) is 8.94. The molecule has 0 amide bonds. The van der Waals surface area contributed by atoms with E-state index in [1.807, 2.05) is 29.1 Å². The maximum atomic E-state index is 5.90. The summed E-state index contributed by atoms with van der Waals surface area (Å²) in [6.07, 6.45) is 7.19. The lowest BCUT2D eigenvalue weighted by Crippen LogP contribution is -2.34. The first-order chi connectivity index (χ1) is 11.8. The van der Waals surface area contributed by atoms with Crippen LogP contribution in [0.1, 0.15) is 24.7 Å². The molecule has 3 aromatic heterocycles. The molecule has 1 aliphatic rings. The molecule has 4 rings (SSSR count). The van der Waals surface area contributed by atoms with Gasteiger partial charge in [0, 0.05) is 31.4 Å². The standard InChI is InChI=1S/C16H17ClN6O/c17-13-9-19-23(10-13)11-22-7-4-12(5-8-22)16-20-15(21-24-16)14-3-1-2-6-18-14/h1-3,6,9-10,12H,4-5,7-8,11H2. The van der Waals surface area contributed by atoms with Crippen molar-refractivity contribution in [2.75, 3.05) is 13.1 Å². The summed E-state index contributed by atoms with van der Waals surface area (Å²) < 4.78 is 7.32. The molecule has 3 aromatic rings. The van der Waals surface area contributed by atoms with Crippen LogP contribution in [0.2, 0.25) is 5.02 Å². The van der Waals surface area contributed by atoms with Crippen LogP contribution in [0.3, 0.4) is 0 Å². The third-order valence-corrected chi connectivity index (χ3v) is 4.41. The van der Waals surface area contributed by atoms with Gasteiger partial charge in [-0.1, -0.05) is 22.8 Å². The molecule has 0 unspecified atom stereocenters. The van der Waals surface area contributed by atoms with Crippen LogP contribution in [0.15, 0.2) is 41.3 Å². The fraction of sp³-hybridized carbons (Fsp3) is 0.375. The van der Waals surface area contributed by atoms with Crippen LogP contribution in [0, 0.1) is 0 Å². The van der Waals surface area contributed by atoms with E-state index in [2.05, 4.69) is 25.1 Å². The van der Waals surface area contributed by atoms with E-state index in [-0.39, 0.29) is 0 Å². The van der Waals surface area contributed by atoms with E-state index in [9.17, 15) is 0 Å². The van der Waals surface area contributed by atoms with Crippen LogP contribution in [-0.4, -0.2) is 42.9 Å². The minimum absolute atomic E-state index is 0.299. The summed E-state index contributed by atoms with van der Waals surface area (Å²) in [6.45, 7) is 2.68. The van der Waals surface area contributed by atoms with Gasteiger partial charge in [-0.15, -0.1) is 0 Å². The zero-order chi connectivity index (χ0) is 16.4. The highest BCUT2D eigenvalue weighted by Crippen LogP contribution is 2.28. The molecule has 0 spiro atoms. The second-order valence-electron chi connectivity index (χ2n) is 5.90. The summed E-state index contributed by atoms with van der Waals surface area (Å²) in [6, 6.07) is 5.66. The molecule has 124 valence electrons. The molecule has 0 N–H and O–H groups in total. The molecule has 1 fully saturated rings. The molecule has 0 aliphatic carbocycles. The van der Waals surface area contributed by atoms with Gasteiger partial charge in [-0.25, -0.2) is 0 Å². The Morgan fingerprint density at radius 3 is 2.83 bits per heavy atom. The SMILES string of the molecule is Clc1cnn(CN2CCC(c3nc(-c4ccccn4)no3)CC2)c1. The molecule has 0 radical (unpaired) electrons. The molecule has 7 nitrogen and oxygen atoms in total. The number of hydrogen-bond donors (Lipinski definition) is 0. The third-order valence-electron chi connectivity index (χ3n) is 4.22. The van der Waals surface area contributed by atoms with Gasteiger partial charge >= 0.3 is 0 Å². The van der Waals surface area contributed by atoms with Crippen molar-refractivity contribution < 1.29 is 4.52 Å². The molecule has 24 heavy (non-hydrogen) atoms.